The van der Waals surface area contributed by atoms with Gasteiger partial charge in [0.1, 0.15) is 0 Å². The van der Waals surface area contributed by atoms with E-state index in [1.807, 2.05) is 31.2 Å². The number of hydrogen-bond acceptors (Lipinski definition) is 5. The molecule has 3 rings (SSSR count). The van der Waals surface area contributed by atoms with Crippen LogP contribution in [-0.2, 0) is 9.59 Å². The van der Waals surface area contributed by atoms with E-state index in [0.29, 0.717) is 36.6 Å². The van der Waals surface area contributed by atoms with Crippen LogP contribution in [0.15, 0.2) is 58.3 Å². The van der Waals surface area contributed by atoms with Crippen LogP contribution in [0.1, 0.15) is 18.1 Å². The number of rotatable bonds is 5. The Bertz CT molecular complexity index is 980. The summed E-state index contributed by atoms with van der Waals surface area (Å²) in [4.78, 5) is 39.8. The van der Waals surface area contributed by atoms with Crippen molar-refractivity contribution in [1.29, 1.82) is 0 Å². The molecule has 1 aliphatic heterocycles. The summed E-state index contributed by atoms with van der Waals surface area (Å²) < 4.78 is 0. The predicted octanol–water partition coefficient (Wildman–Crippen LogP) is 3.76. The summed E-state index contributed by atoms with van der Waals surface area (Å²) >= 11 is 1.34. The Kier molecular flexibility index (Phi) is 6.89. The number of nitrogens with zero attached hydrogens (tertiary/aromatic N) is 3. The van der Waals surface area contributed by atoms with Gasteiger partial charge in [-0.3, -0.25) is 19.7 Å². The Labute approximate surface area is 179 Å². The van der Waals surface area contributed by atoms with Gasteiger partial charge in [-0.1, -0.05) is 35.5 Å². The zero-order chi connectivity index (χ0) is 21.7. The summed E-state index contributed by atoms with van der Waals surface area (Å²) in [6.07, 6.45) is 3.02. The first-order chi connectivity index (χ1) is 14.3. The van der Waals surface area contributed by atoms with E-state index in [0.717, 1.165) is 10.5 Å². The van der Waals surface area contributed by atoms with Crippen molar-refractivity contribution in [3.8, 4) is 0 Å². The molecule has 0 bridgehead atoms. The molecule has 0 aliphatic carbocycles. The van der Waals surface area contributed by atoms with Gasteiger partial charge in [-0.25, -0.2) is 0 Å². The topological polar surface area (TPSA) is 83.8 Å². The van der Waals surface area contributed by atoms with Crippen molar-refractivity contribution in [3.63, 3.8) is 0 Å². The maximum atomic E-state index is 12.4. The lowest BCUT2D eigenvalue weighted by molar-refractivity contribution is -0.387. The molecule has 0 atom stereocenters. The average Bonchev–Trinajstić information content (AvgIpc) is 2.74. The molecule has 7 nitrogen and oxygen atoms in total. The van der Waals surface area contributed by atoms with Gasteiger partial charge in [-0.15, -0.1) is 0 Å². The van der Waals surface area contributed by atoms with Gasteiger partial charge in [0.25, 0.3) is 5.69 Å². The predicted molar refractivity (Wildman–Crippen MR) is 116 cm³/mol. The number of piperazine rings is 1. The van der Waals surface area contributed by atoms with Gasteiger partial charge in [0.05, 0.1) is 9.82 Å². The van der Waals surface area contributed by atoms with Crippen LogP contribution in [0.4, 0.5) is 5.69 Å². The lowest BCUT2D eigenvalue weighted by Crippen LogP contribution is -2.49. The minimum absolute atomic E-state index is 0.00486. The van der Waals surface area contributed by atoms with E-state index in [4.69, 9.17) is 0 Å². The number of amides is 2. The molecule has 1 heterocycles. The van der Waals surface area contributed by atoms with E-state index in [1.165, 1.54) is 30.8 Å². The van der Waals surface area contributed by atoms with E-state index in [-0.39, 0.29) is 17.5 Å². The van der Waals surface area contributed by atoms with Crippen LogP contribution in [-0.4, -0.2) is 52.7 Å². The van der Waals surface area contributed by atoms with E-state index >= 15 is 0 Å². The van der Waals surface area contributed by atoms with E-state index in [2.05, 4.69) is 0 Å². The summed E-state index contributed by atoms with van der Waals surface area (Å²) in [6.45, 7) is 5.51. The molecular formula is C22H23N3O4S. The molecule has 8 heteroatoms. The molecule has 0 saturated carbocycles. The van der Waals surface area contributed by atoms with Gasteiger partial charge in [-0.2, -0.15) is 0 Å². The zero-order valence-electron chi connectivity index (χ0n) is 16.9. The van der Waals surface area contributed by atoms with Crippen molar-refractivity contribution in [3.05, 3.63) is 69.8 Å². The third kappa shape index (κ3) is 5.48. The number of carbonyl (C=O) groups is 2. The van der Waals surface area contributed by atoms with Crippen LogP contribution in [0.3, 0.4) is 0 Å². The molecule has 0 radical (unpaired) electrons. The second kappa shape index (κ2) is 9.58. The molecule has 1 aliphatic rings. The number of nitro benzene ring substituents is 1. The molecule has 0 spiro atoms. The van der Waals surface area contributed by atoms with Crippen LogP contribution in [0.25, 0.3) is 6.08 Å². The van der Waals surface area contributed by atoms with Gasteiger partial charge in [0.2, 0.25) is 11.8 Å². The third-order valence-corrected chi connectivity index (χ3v) is 5.96. The summed E-state index contributed by atoms with van der Waals surface area (Å²) in [5.74, 6) is -0.160. The first-order valence-corrected chi connectivity index (χ1v) is 10.4. The standard InChI is InChI=1S/C22H23N3O4S/c1-16-3-7-19(8-4-16)30-21-9-5-18(15-20(21)25(28)29)6-10-22(27)24-13-11-23(12-14-24)17(2)26/h3-10,15H,11-14H2,1-2H3. The third-order valence-electron chi connectivity index (χ3n) is 4.88. The highest BCUT2D eigenvalue weighted by Gasteiger charge is 2.21. The lowest BCUT2D eigenvalue weighted by Gasteiger charge is -2.33. The molecule has 2 aromatic rings. The molecule has 30 heavy (non-hydrogen) atoms. The highest BCUT2D eigenvalue weighted by atomic mass is 32.2. The summed E-state index contributed by atoms with van der Waals surface area (Å²) in [6, 6.07) is 12.7. The van der Waals surface area contributed by atoms with Crippen molar-refractivity contribution in [2.75, 3.05) is 26.2 Å². The summed E-state index contributed by atoms with van der Waals surface area (Å²) in [5, 5.41) is 11.6. The van der Waals surface area contributed by atoms with E-state index in [1.54, 1.807) is 28.0 Å². The Hall–Kier alpha value is -3.13. The molecule has 2 amide bonds. The first-order valence-electron chi connectivity index (χ1n) is 9.59. The highest BCUT2D eigenvalue weighted by molar-refractivity contribution is 7.99. The molecular weight excluding hydrogens is 402 g/mol. The zero-order valence-corrected chi connectivity index (χ0v) is 17.7. The number of carbonyl (C=O) groups excluding carboxylic acids is 2. The number of aryl methyl sites for hydroxylation is 1. The minimum atomic E-state index is -0.406. The molecule has 0 unspecified atom stereocenters. The van der Waals surface area contributed by atoms with Gasteiger partial charge >= 0.3 is 0 Å². The molecule has 2 aromatic carbocycles. The maximum absolute atomic E-state index is 12.4. The fraction of sp³-hybridized carbons (Fsp3) is 0.273. The van der Waals surface area contributed by atoms with Crippen molar-refractivity contribution < 1.29 is 14.5 Å². The fourth-order valence-electron chi connectivity index (χ4n) is 3.11. The molecule has 0 N–H and O–H groups in total. The summed E-state index contributed by atoms with van der Waals surface area (Å²) in [5.41, 5.74) is 1.72. The molecule has 1 fully saturated rings. The molecule has 1 saturated heterocycles. The maximum Gasteiger partial charge on any atom is 0.283 e. The fourth-order valence-corrected chi connectivity index (χ4v) is 4.02. The Morgan fingerprint density at radius 3 is 2.27 bits per heavy atom. The van der Waals surface area contributed by atoms with Crippen LogP contribution >= 0.6 is 11.8 Å². The van der Waals surface area contributed by atoms with E-state index in [9.17, 15) is 19.7 Å². The van der Waals surface area contributed by atoms with Crippen LogP contribution in [0, 0.1) is 17.0 Å². The van der Waals surface area contributed by atoms with Crippen molar-refractivity contribution in [2.24, 2.45) is 0 Å². The Morgan fingerprint density at radius 1 is 1.03 bits per heavy atom. The second-order valence-electron chi connectivity index (χ2n) is 7.06. The average molecular weight is 426 g/mol. The van der Waals surface area contributed by atoms with Crippen molar-refractivity contribution >= 4 is 35.3 Å². The largest absolute Gasteiger partial charge is 0.339 e. The van der Waals surface area contributed by atoms with Crippen LogP contribution in [0.2, 0.25) is 0 Å². The van der Waals surface area contributed by atoms with Crippen LogP contribution in [0.5, 0.6) is 0 Å². The van der Waals surface area contributed by atoms with Gasteiger partial charge in [0, 0.05) is 50.1 Å². The Balaban J connectivity index is 1.69. The normalized spacial score (nSPS) is 14.2. The summed E-state index contributed by atoms with van der Waals surface area (Å²) in [7, 11) is 0. The second-order valence-corrected chi connectivity index (χ2v) is 8.18. The van der Waals surface area contributed by atoms with Gasteiger partial charge in [-0.05, 0) is 36.8 Å². The van der Waals surface area contributed by atoms with Crippen molar-refractivity contribution in [1.82, 2.24) is 9.80 Å². The smallest absolute Gasteiger partial charge is 0.283 e. The SMILES string of the molecule is CC(=O)N1CCN(C(=O)C=Cc2ccc(Sc3ccc(C)cc3)c([N+](=O)[O-])c2)CC1. The quantitative estimate of drug-likeness (QED) is 0.414. The van der Waals surface area contributed by atoms with Gasteiger partial charge < -0.3 is 9.80 Å². The van der Waals surface area contributed by atoms with Crippen LogP contribution < -0.4 is 0 Å². The lowest BCUT2D eigenvalue weighted by atomic mass is 10.2. The van der Waals surface area contributed by atoms with Crippen molar-refractivity contribution in [2.45, 2.75) is 23.6 Å². The number of nitro groups is 1. The molecule has 0 aromatic heterocycles. The molecule has 156 valence electrons. The number of hydrogen-bond donors (Lipinski definition) is 0. The number of benzene rings is 2. The minimum Gasteiger partial charge on any atom is -0.339 e. The van der Waals surface area contributed by atoms with Gasteiger partial charge in [0.15, 0.2) is 0 Å². The monoisotopic (exact) mass is 425 g/mol. The van der Waals surface area contributed by atoms with E-state index < -0.39 is 4.92 Å². The highest BCUT2D eigenvalue weighted by Crippen LogP contribution is 2.35. The Morgan fingerprint density at radius 2 is 1.67 bits per heavy atom. The first kappa shape index (κ1) is 21.6.